The summed E-state index contributed by atoms with van der Waals surface area (Å²) in [5.74, 6) is -0.988. The van der Waals surface area contributed by atoms with E-state index >= 15 is 0 Å². The molecule has 0 fully saturated rings. The fourth-order valence-corrected chi connectivity index (χ4v) is 2.16. The second-order valence-corrected chi connectivity index (χ2v) is 4.80. The number of fused-ring (bicyclic) bond motifs is 1. The van der Waals surface area contributed by atoms with E-state index in [1.54, 1.807) is 17.8 Å². The van der Waals surface area contributed by atoms with Gasteiger partial charge in [-0.3, -0.25) is 4.98 Å². The molecule has 0 saturated heterocycles. The molecule has 2 aromatic heterocycles. The van der Waals surface area contributed by atoms with Crippen LogP contribution < -0.4 is 5.32 Å². The van der Waals surface area contributed by atoms with Crippen LogP contribution in [0, 0.1) is 0 Å². The van der Waals surface area contributed by atoms with Gasteiger partial charge in [-0.1, -0.05) is 0 Å². The first-order chi connectivity index (χ1) is 9.22. The summed E-state index contributed by atoms with van der Waals surface area (Å²) < 4.78 is 5.46. The van der Waals surface area contributed by atoms with Gasteiger partial charge >= 0.3 is 5.97 Å². The van der Waals surface area contributed by atoms with E-state index in [0.717, 1.165) is 4.88 Å². The molecule has 96 valence electrons. The second kappa shape index (κ2) is 4.69. The number of benzene rings is 1. The average molecular weight is 275 g/mol. The molecule has 2 heterocycles. The number of hydrogen-bond acceptors (Lipinski definition) is 6. The van der Waals surface area contributed by atoms with E-state index in [2.05, 4.69) is 15.3 Å². The molecular formula is C12H9N3O3S. The zero-order valence-electron chi connectivity index (χ0n) is 9.66. The highest BCUT2D eigenvalue weighted by Gasteiger charge is 2.09. The molecule has 0 spiro atoms. The van der Waals surface area contributed by atoms with Crippen LogP contribution in [-0.4, -0.2) is 21.0 Å². The monoisotopic (exact) mass is 275 g/mol. The maximum absolute atomic E-state index is 10.8. The van der Waals surface area contributed by atoms with Gasteiger partial charge in [0.2, 0.25) is 0 Å². The van der Waals surface area contributed by atoms with Crippen LogP contribution in [0.4, 0.5) is 6.01 Å². The van der Waals surface area contributed by atoms with Crippen LogP contribution in [0.5, 0.6) is 0 Å². The topological polar surface area (TPSA) is 88.2 Å². The molecule has 0 atom stereocenters. The lowest BCUT2D eigenvalue weighted by atomic mass is 10.2. The van der Waals surface area contributed by atoms with Crippen molar-refractivity contribution >= 4 is 34.4 Å². The second-order valence-electron chi connectivity index (χ2n) is 3.83. The number of nitrogens with one attached hydrogen (secondary N) is 1. The summed E-state index contributed by atoms with van der Waals surface area (Å²) in [7, 11) is 0. The summed E-state index contributed by atoms with van der Waals surface area (Å²) in [6.07, 6.45) is 1.77. The lowest BCUT2D eigenvalue weighted by molar-refractivity contribution is 0.0697. The van der Waals surface area contributed by atoms with Crippen LogP contribution in [0.25, 0.3) is 11.1 Å². The molecule has 6 nitrogen and oxygen atoms in total. The lowest BCUT2D eigenvalue weighted by Crippen LogP contribution is -1.96. The number of thiazole rings is 1. The standard InChI is InChI=1S/C12H9N3O3S/c16-11(17)7-1-2-9-10(3-7)18-12(15-9)14-5-8-4-13-6-19-8/h1-4,6H,5H2,(H,14,15)(H,16,17). The van der Waals surface area contributed by atoms with Crippen LogP contribution >= 0.6 is 11.3 Å². The van der Waals surface area contributed by atoms with Gasteiger partial charge in [-0.15, -0.1) is 11.3 Å². The van der Waals surface area contributed by atoms with Crippen LogP contribution in [0.1, 0.15) is 15.2 Å². The Morgan fingerprint density at radius 2 is 2.37 bits per heavy atom. The Kier molecular flexibility index (Phi) is 2.88. The van der Waals surface area contributed by atoms with Gasteiger partial charge in [-0.25, -0.2) is 4.79 Å². The normalized spacial score (nSPS) is 10.7. The van der Waals surface area contributed by atoms with Crippen molar-refractivity contribution in [3.8, 4) is 0 Å². The van der Waals surface area contributed by atoms with Crippen molar-refractivity contribution in [3.05, 3.63) is 40.3 Å². The third-order valence-electron chi connectivity index (χ3n) is 2.53. The third-order valence-corrected chi connectivity index (χ3v) is 3.31. The SMILES string of the molecule is O=C(O)c1ccc2nc(NCc3cncs3)oc2c1. The number of oxazole rings is 1. The Hall–Kier alpha value is -2.41. The van der Waals surface area contributed by atoms with Crippen LogP contribution in [0.3, 0.4) is 0 Å². The number of hydrogen-bond donors (Lipinski definition) is 2. The Morgan fingerprint density at radius 1 is 1.47 bits per heavy atom. The van der Waals surface area contributed by atoms with E-state index in [1.807, 2.05) is 0 Å². The number of aromatic carboxylic acids is 1. The molecule has 3 rings (SSSR count). The Balaban J connectivity index is 1.83. The van der Waals surface area contributed by atoms with E-state index < -0.39 is 5.97 Å². The molecular weight excluding hydrogens is 266 g/mol. The predicted octanol–water partition coefficient (Wildman–Crippen LogP) is 2.59. The van der Waals surface area contributed by atoms with Crippen LogP contribution in [0.2, 0.25) is 0 Å². The Bertz CT molecular complexity index is 721. The highest BCUT2D eigenvalue weighted by atomic mass is 32.1. The number of carboxylic acids is 1. The van der Waals surface area contributed by atoms with E-state index in [-0.39, 0.29) is 5.56 Å². The summed E-state index contributed by atoms with van der Waals surface area (Å²) in [5.41, 5.74) is 3.00. The molecule has 7 heteroatoms. The van der Waals surface area contributed by atoms with Gasteiger partial charge in [-0.2, -0.15) is 4.98 Å². The fraction of sp³-hybridized carbons (Fsp3) is 0.0833. The molecule has 0 amide bonds. The predicted molar refractivity (Wildman–Crippen MR) is 70.4 cm³/mol. The summed E-state index contributed by atoms with van der Waals surface area (Å²) in [4.78, 5) is 20.1. The minimum absolute atomic E-state index is 0.178. The molecule has 3 aromatic rings. The molecule has 19 heavy (non-hydrogen) atoms. The molecule has 0 aliphatic heterocycles. The quantitative estimate of drug-likeness (QED) is 0.760. The molecule has 1 aromatic carbocycles. The summed E-state index contributed by atoms with van der Waals surface area (Å²) >= 11 is 1.53. The van der Waals surface area contributed by atoms with E-state index in [0.29, 0.717) is 23.7 Å². The first kappa shape index (κ1) is 11.7. The number of carbonyl (C=O) groups is 1. The Labute approximate surface area is 111 Å². The molecule has 0 aliphatic rings. The molecule has 2 N–H and O–H groups in total. The zero-order valence-corrected chi connectivity index (χ0v) is 10.5. The van der Waals surface area contributed by atoms with Crippen molar-refractivity contribution in [2.45, 2.75) is 6.54 Å². The lowest BCUT2D eigenvalue weighted by Gasteiger charge is -1.96. The highest BCUT2D eigenvalue weighted by molar-refractivity contribution is 7.09. The van der Waals surface area contributed by atoms with Crippen LogP contribution in [-0.2, 0) is 6.54 Å². The van der Waals surface area contributed by atoms with Crippen molar-refractivity contribution in [1.29, 1.82) is 0 Å². The van der Waals surface area contributed by atoms with E-state index in [9.17, 15) is 4.79 Å². The zero-order chi connectivity index (χ0) is 13.2. The van der Waals surface area contributed by atoms with Crippen LogP contribution in [0.15, 0.2) is 34.3 Å². The minimum atomic E-state index is -0.988. The molecule has 0 unspecified atom stereocenters. The van der Waals surface area contributed by atoms with Gasteiger partial charge < -0.3 is 14.8 Å². The van der Waals surface area contributed by atoms with Gasteiger partial charge in [-0.05, 0) is 18.2 Å². The molecule has 0 bridgehead atoms. The van der Waals surface area contributed by atoms with Crippen molar-refractivity contribution in [2.75, 3.05) is 5.32 Å². The van der Waals surface area contributed by atoms with Gasteiger partial charge in [0.15, 0.2) is 5.58 Å². The number of rotatable bonds is 4. The summed E-state index contributed by atoms with van der Waals surface area (Å²) in [5, 5.41) is 11.9. The van der Waals surface area contributed by atoms with Gasteiger partial charge in [0.05, 0.1) is 17.6 Å². The van der Waals surface area contributed by atoms with Crippen molar-refractivity contribution in [1.82, 2.24) is 9.97 Å². The largest absolute Gasteiger partial charge is 0.478 e. The summed E-state index contributed by atoms with van der Waals surface area (Å²) in [6.45, 7) is 0.573. The Morgan fingerprint density at radius 3 is 3.11 bits per heavy atom. The van der Waals surface area contributed by atoms with Gasteiger partial charge in [0, 0.05) is 11.1 Å². The molecule has 0 aliphatic carbocycles. The average Bonchev–Trinajstić information content (AvgIpc) is 3.04. The maximum atomic E-state index is 10.8. The smallest absolute Gasteiger partial charge is 0.335 e. The fourth-order valence-electron chi connectivity index (χ4n) is 1.63. The first-order valence-electron chi connectivity index (χ1n) is 5.47. The van der Waals surface area contributed by atoms with Crippen molar-refractivity contribution < 1.29 is 14.3 Å². The first-order valence-corrected chi connectivity index (χ1v) is 6.35. The van der Waals surface area contributed by atoms with Crippen molar-refractivity contribution in [2.24, 2.45) is 0 Å². The highest BCUT2D eigenvalue weighted by Crippen LogP contribution is 2.21. The number of anilines is 1. The van der Waals surface area contributed by atoms with Crippen molar-refractivity contribution in [3.63, 3.8) is 0 Å². The minimum Gasteiger partial charge on any atom is -0.478 e. The molecule has 0 saturated carbocycles. The van der Waals surface area contributed by atoms with Gasteiger partial charge in [0.1, 0.15) is 5.52 Å². The maximum Gasteiger partial charge on any atom is 0.335 e. The number of nitrogens with zero attached hydrogens (tertiary/aromatic N) is 2. The van der Waals surface area contributed by atoms with Gasteiger partial charge in [0.25, 0.3) is 6.01 Å². The number of carboxylic acid groups (broad SMARTS) is 1. The molecule has 0 radical (unpaired) electrons. The third kappa shape index (κ3) is 2.41. The summed E-state index contributed by atoms with van der Waals surface area (Å²) in [6, 6.07) is 4.95. The van der Waals surface area contributed by atoms with E-state index in [1.165, 1.54) is 23.5 Å². The van der Waals surface area contributed by atoms with E-state index in [4.69, 9.17) is 9.52 Å². The number of aromatic nitrogens is 2.